The minimum absolute atomic E-state index is 0.360. The fourth-order valence-corrected chi connectivity index (χ4v) is 1.95. The lowest BCUT2D eigenvalue weighted by Gasteiger charge is -2.08. The zero-order valence-corrected chi connectivity index (χ0v) is 11.1. The number of nitrogens with one attached hydrogen (secondary N) is 1. The molecule has 1 aromatic carbocycles. The zero-order valence-electron chi connectivity index (χ0n) is 11.1. The Bertz CT molecular complexity index is 596. The van der Waals surface area contributed by atoms with Gasteiger partial charge in [0.25, 0.3) is 0 Å². The third-order valence-electron chi connectivity index (χ3n) is 2.90. The first kappa shape index (κ1) is 13.2. The van der Waals surface area contributed by atoms with Crippen LogP contribution in [0.25, 0.3) is 0 Å². The molecule has 2 rings (SSSR count). The number of phenolic OH excluding ortho intramolecular Hbond substituents is 1. The first-order valence-electron chi connectivity index (χ1n) is 5.81. The zero-order chi connectivity index (χ0) is 14.0. The summed E-state index contributed by atoms with van der Waals surface area (Å²) < 4.78 is 20.1. The van der Waals surface area contributed by atoms with Gasteiger partial charge in [-0.05, 0) is 19.1 Å². The standard InChI is InChI=1S/C13H16FN3O2/c1-8-10(13(19-3)17(2)16-8)7-15-9-4-5-12(18)11(14)6-9/h4-6,15,18H,7H2,1-3H3. The van der Waals surface area contributed by atoms with Crippen LogP contribution in [0.1, 0.15) is 11.3 Å². The van der Waals surface area contributed by atoms with Crippen LogP contribution >= 0.6 is 0 Å². The number of rotatable bonds is 4. The molecule has 1 heterocycles. The smallest absolute Gasteiger partial charge is 0.216 e. The largest absolute Gasteiger partial charge is 0.505 e. The van der Waals surface area contributed by atoms with E-state index in [-0.39, 0.29) is 5.75 Å². The van der Waals surface area contributed by atoms with E-state index >= 15 is 0 Å². The lowest BCUT2D eigenvalue weighted by Crippen LogP contribution is -2.03. The summed E-state index contributed by atoms with van der Waals surface area (Å²) in [6.45, 7) is 2.35. The van der Waals surface area contributed by atoms with Gasteiger partial charge < -0.3 is 15.2 Å². The van der Waals surface area contributed by atoms with Crippen LogP contribution in [0.5, 0.6) is 11.6 Å². The molecule has 6 heteroatoms. The Morgan fingerprint density at radius 2 is 2.21 bits per heavy atom. The lowest BCUT2D eigenvalue weighted by atomic mass is 10.2. The quantitative estimate of drug-likeness (QED) is 0.832. The molecule has 2 N–H and O–H groups in total. The van der Waals surface area contributed by atoms with E-state index < -0.39 is 5.82 Å². The van der Waals surface area contributed by atoms with Crippen LogP contribution in [-0.4, -0.2) is 22.0 Å². The van der Waals surface area contributed by atoms with E-state index in [0.717, 1.165) is 11.3 Å². The number of hydrogen-bond donors (Lipinski definition) is 2. The maximum absolute atomic E-state index is 13.2. The SMILES string of the molecule is COc1c(CNc2ccc(O)c(F)c2)c(C)nn1C. The van der Waals surface area contributed by atoms with Crippen molar-refractivity contribution in [3.63, 3.8) is 0 Å². The maximum Gasteiger partial charge on any atom is 0.216 e. The molecule has 0 saturated carbocycles. The highest BCUT2D eigenvalue weighted by molar-refractivity contribution is 5.48. The van der Waals surface area contributed by atoms with Crippen LogP contribution in [0.4, 0.5) is 10.1 Å². The summed E-state index contributed by atoms with van der Waals surface area (Å²) in [5.74, 6) is -0.343. The summed E-state index contributed by atoms with van der Waals surface area (Å²) >= 11 is 0. The Hall–Kier alpha value is -2.24. The van der Waals surface area contributed by atoms with Gasteiger partial charge in [0, 0.05) is 25.3 Å². The maximum atomic E-state index is 13.2. The Labute approximate surface area is 110 Å². The van der Waals surface area contributed by atoms with Crippen LogP contribution < -0.4 is 10.1 Å². The van der Waals surface area contributed by atoms with Crippen molar-refractivity contribution in [3.05, 3.63) is 35.3 Å². The molecule has 0 radical (unpaired) electrons. The average molecular weight is 265 g/mol. The molecule has 102 valence electrons. The third-order valence-corrected chi connectivity index (χ3v) is 2.90. The second-order valence-corrected chi connectivity index (χ2v) is 4.22. The Balaban J connectivity index is 2.16. The van der Waals surface area contributed by atoms with Gasteiger partial charge in [0.05, 0.1) is 18.4 Å². The van der Waals surface area contributed by atoms with Crippen molar-refractivity contribution in [1.82, 2.24) is 9.78 Å². The highest BCUT2D eigenvalue weighted by Crippen LogP contribution is 2.24. The number of nitrogens with zero attached hydrogens (tertiary/aromatic N) is 2. The van der Waals surface area contributed by atoms with Crippen molar-refractivity contribution in [2.75, 3.05) is 12.4 Å². The summed E-state index contributed by atoms with van der Waals surface area (Å²) in [5, 5.41) is 16.5. The van der Waals surface area contributed by atoms with Crippen molar-refractivity contribution < 1.29 is 14.2 Å². The highest BCUT2D eigenvalue weighted by atomic mass is 19.1. The van der Waals surface area contributed by atoms with Gasteiger partial charge in [-0.25, -0.2) is 9.07 Å². The number of aromatic hydroxyl groups is 1. The Kier molecular flexibility index (Phi) is 3.59. The van der Waals surface area contributed by atoms with E-state index in [4.69, 9.17) is 9.84 Å². The predicted octanol–water partition coefficient (Wildman–Crippen LogP) is 2.19. The number of ether oxygens (including phenoxy) is 1. The highest BCUT2D eigenvalue weighted by Gasteiger charge is 2.13. The van der Waals surface area contributed by atoms with E-state index in [1.165, 1.54) is 12.1 Å². The number of hydrogen-bond acceptors (Lipinski definition) is 4. The average Bonchev–Trinajstić information content (AvgIpc) is 2.64. The number of anilines is 1. The van der Waals surface area contributed by atoms with Crippen molar-refractivity contribution >= 4 is 5.69 Å². The van der Waals surface area contributed by atoms with Gasteiger partial charge in [-0.3, -0.25) is 0 Å². The van der Waals surface area contributed by atoms with Gasteiger partial charge in [0.1, 0.15) is 0 Å². The van der Waals surface area contributed by atoms with Crippen molar-refractivity contribution in [1.29, 1.82) is 0 Å². The van der Waals surface area contributed by atoms with Gasteiger partial charge in [0.15, 0.2) is 11.6 Å². The van der Waals surface area contributed by atoms with Crippen molar-refractivity contribution in [2.24, 2.45) is 7.05 Å². The molecule has 0 aliphatic carbocycles. The van der Waals surface area contributed by atoms with Crippen LogP contribution in [0.3, 0.4) is 0 Å². The third kappa shape index (κ3) is 2.62. The molecule has 0 spiro atoms. The minimum atomic E-state index is -0.653. The molecule has 0 saturated heterocycles. The molecule has 0 aliphatic rings. The molecule has 0 bridgehead atoms. The molecule has 0 aliphatic heterocycles. The minimum Gasteiger partial charge on any atom is -0.505 e. The topological polar surface area (TPSA) is 59.3 Å². The molecular weight excluding hydrogens is 249 g/mol. The number of aromatic nitrogens is 2. The predicted molar refractivity (Wildman–Crippen MR) is 69.9 cm³/mol. The monoisotopic (exact) mass is 265 g/mol. The molecule has 2 aromatic rings. The number of benzene rings is 1. The number of phenols is 1. The summed E-state index contributed by atoms with van der Waals surface area (Å²) in [4.78, 5) is 0. The van der Waals surface area contributed by atoms with Gasteiger partial charge in [-0.1, -0.05) is 0 Å². The fraction of sp³-hybridized carbons (Fsp3) is 0.308. The molecule has 5 nitrogen and oxygen atoms in total. The Morgan fingerprint density at radius 3 is 2.84 bits per heavy atom. The van der Waals surface area contributed by atoms with Gasteiger partial charge in [-0.15, -0.1) is 0 Å². The molecule has 1 aromatic heterocycles. The summed E-state index contributed by atoms with van der Waals surface area (Å²) in [6, 6.07) is 4.16. The van der Waals surface area contributed by atoms with Gasteiger partial charge in [0.2, 0.25) is 5.88 Å². The molecule has 0 atom stereocenters. The Morgan fingerprint density at radius 1 is 1.47 bits per heavy atom. The van der Waals surface area contributed by atoms with Crippen LogP contribution in [0.15, 0.2) is 18.2 Å². The lowest BCUT2D eigenvalue weighted by molar-refractivity contribution is 0.370. The van der Waals surface area contributed by atoms with E-state index in [2.05, 4.69) is 10.4 Å². The summed E-state index contributed by atoms with van der Waals surface area (Å²) in [7, 11) is 3.38. The second-order valence-electron chi connectivity index (χ2n) is 4.22. The van der Waals surface area contributed by atoms with Gasteiger partial charge in [-0.2, -0.15) is 5.10 Å². The van der Waals surface area contributed by atoms with Crippen LogP contribution in [-0.2, 0) is 13.6 Å². The molecule has 0 unspecified atom stereocenters. The molecule has 0 fully saturated rings. The summed E-state index contributed by atoms with van der Waals surface area (Å²) in [6.07, 6.45) is 0. The van der Waals surface area contributed by atoms with E-state index in [9.17, 15) is 4.39 Å². The van der Waals surface area contributed by atoms with Crippen molar-refractivity contribution in [2.45, 2.75) is 13.5 Å². The molecular formula is C13H16FN3O2. The first-order chi connectivity index (χ1) is 9.02. The first-order valence-corrected chi connectivity index (χ1v) is 5.81. The van der Waals surface area contributed by atoms with E-state index in [1.807, 2.05) is 6.92 Å². The summed E-state index contributed by atoms with van der Waals surface area (Å²) in [5.41, 5.74) is 2.35. The fourth-order valence-electron chi connectivity index (χ4n) is 1.95. The molecule has 19 heavy (non-hydrogen) atoms. The van der Waals surface area contributed by atoms with Crippen LogP contribution in [0.2, 0.25) is 0 Å². The van der Waals surface area contributed by atoms with Crippen molar-refractivity contribution in [3.8, 4) is 11.6 Å². The number of halogens is 1. The number of methoxy groups -OCH3 is 1. The second kappa shape index (κ2) is 5.17. The molecule has 0 amide bonds. The van der Waals surface area contributed by atoms with Gasteiger partial charge >= 0.3 is 0 Å². The van der Waals surface area contributed by atoms with Crippen LogP contribution in [0, 0.1) is 12.7 Å². The normalized spacial score (nSPS) is 10.5. The number of aryl methyl sites for hydroxylation is 2. The van der Waals surface area contributed by atoms with E-state index in [1.54, 1.807) is 24.9 Å². The van der Waals surface area contributed by atoms with E-state index in [0.29, 0.717) is 18.1 Å².